The Hall–Kier alpha value is -2.66. The van der Waals surface area contributed by atoms with Crippen LogP contribution in [0.3, 0.4) is 0 Å². The molecule has 0 radical (unpaired) electrons. The molecule has 140 valence electrons. The molecule has 5 nitrogen and oxygen atoms in total. The van der Waals surface area contributed by atoms with E-state index in [1.165, 1.54) is 16.8 Å². The van der Waals surface area contributed by atoms with Crippen LogP contribution in [0.15, 0.2) is 52.9 Å². The third-order valence-electron chi connectivity index (χ3n) is 5.22. The monoisotopic (exact) mass is 362 g/mol. The van der Waals surface area contributed by atoms with Gasteiger partial charge in [-0.25, -0.2) is 0 Å². The van der Waals surface area contributed by atoms with Crippen molar-refractivity contribution in [1.29, 1.82) is 0 Å². The summed E-state index contributed by atoms with van der Waals surface area (Å²) >= 11 is 0. The number of rotatable bonds is 5. The number of aromatic nitrogens is 2. The number of hydrogen-bond acceptors (Lipinski definition) is 5. The smallest absolute Gasteiger partial charge is 0.247 e. The lowest BCUT2D eigenvalue weighted by molar-refractivity contribution is 0.320. The molecule has 1 unspecified atom stereocenters. The van der Waals surface area contributed by atoms with E-state index in [4.69, 9.17) is 4.42 Å². The molecule has 1 aliphatic rings. The summed E-state index contributed by atoms with van der Waals surface area (Å²) in [6.45, 7) is 5.06. The number of benzene rings is 2. The highest BCUT2D eigenvalue weighted by Gasteiger charge is 2.28. The Bertz CT molecular complexity index is 883. The molecule has 0 bridgehead atoms. The van der Waals surface area contributed by atoms with Crippen LogP contribution in [-0.4, -0.2) is 42.3 Å². The second-order valence-corrected chi connectivity index (χ2v) is 7.59. The Labute approximate surface area is 160 Å². The molecule has 1 atom stereocenters. The summed E-state index contributed by atoms with van der Waals surface area (Å²) in [7, 11) is 4.13. The van der Waals surface area contributed by atoms with Crippen molar-refractivity contribution in [3.05, 3.63) is 65.5 Å². The Balaban J connectivity index is 1.39. The molecular formula is C22H26N4O. The first kappa shape index (κ1) is 17.7. The maximum Gasteiger partial charge on any atom is 0.247 e. The highest BCUT2D eigenvalue weighted by molar-refractivity contribution is 5.52. The van der Waals surface area contributed by atoms with Crippen LogP contribution < -0.4 is 4.90 Å². The molecule has 1 aliphatic heterocycles. The van der Waals surface area contributed by atoms with Crippen LogP contribution in [0, 0.1) is 6.92 Å². The second-order valence-electron chi connectivity index (χ2n) is 7.59. The SMILES string of the molecule is Cc1ccc(-c2nnc(C3CCN(Cc4ccc(N(C)C)cc4)C3)o2)cc1. The number of anilines is 1. The zero-order valence-electron chi connectivity index (χ0n) is 16.2. The summed E-state index contributed by atoms with van der Waals surface area (Å²) in [6, 6.07) is 17.0. The maximum atomic E-state index is 5.98. The Morgan fingerprint density at radius 3 is 2.48 bits per heavy atom. The van der Waals surface area contributed by atoms with Gasteiger partial charge in [0.25, 0.3) is 0 Å². The van der Waals surface area contributed by atoms with Gasteiger partial charge in [0.05, 0.1) is 5.92 Å². The molecule has 27 heavy (non-hydrogen) atoms. The summed E-state index contributed by atoms with van der Waals surface area (Å²) in [5.74, 6) is 1.69. The van der Waals surface area contributed by atoms with Crippen molar-refractivity contribution in [1.82, 2.24) is 15.1 Å². The first-order valence-corrected chi connectivity index (χ1v) is 9.47. The highest BCUT2D eigenvalue weighted by atomic mass is 16.4. The first-order valence-electron chi connectivity index (χ1n) is 9.47. The molecule has 2 aromatic carbocycles. The quantitative estimate of drug-likeness (QED) is 0.684. The fourth-order valence-electron chi connectivity index (χ4n) is 3.55. The Morgan fingerprint density at radius 1 is 1.04 bits per heavy atom. The molecule has 0 N–H and O–H groups in total. The van der Waals surface area contributed by atoms with Crippen LogP contribution >= 0.6 is 0 Å². The van der Waals surface area contributed by atoms with E-state index in [1.54, 1.807) is 0 Å². The molecule has 2 heterocycles. The summed E-state index contributed by atoms with van der Waals surface area (Å²) in [5.41, 5.74) is 4.78. The summed E-state index contributed by atoms with van der Waals surface area (Å²) in [4.78, 5) is 4.59. The number of nitrogens with zero attached hydrogens (tertiary/aromatic N) is 4. The van der Waals surface area contributed by atoms with E-state index in [2.05, 4.69) is 77.4 Å². The van der Waals surface area contributed by atoms with Gasteiger partial charge < -0.3 is 9.32 Å². The molecule has 0 amide bonds. The molecule has 1 aromatic heterocycles. The third kappa shape index (κ3) is 4.03. The number of hydrogen-bond donors (Lipinski definition) is 0. The normalized spacial score (nSPS) is 17.4. The van der Waals surface area contributed by atoms with Crippen LogP contribution in [0.1, 0.15) is 29.4 Å². The number of likely N-dealkylation sites (tertiary alicyclic amines) is 1. The van der Waals surface area contributed by atoms with Gasteiger partial charge in [-0.3, -0.25) is 4.90 Å². The second kappa shape index (κ2) is 7.53. The largest absolute Gasteiger partial charge is 0.420 e. The fraction of sp³-hybridized carbons (Fsp3) is 0.364. The lowest BCUT2D eigenvalue weighted by Gasteiger charge is -2.17. The van der Waals surface area contributed by atoms with Crippen LogP contribution in [-0.2, 0) is 6.54 Å². The topological polar surface area (TPSA) is 45.4 Å². The van der Waals surface area contributed by atoms with Gasteiger partial charge >= 0.3 is 0 Å². The Morgan fingerprint density at radius 2 is 1.78 bits per heavy atom. The van der Waals surface area contributed by atoms with Crippen LogP contribution in [0.25, 0.3) is 11.5 Å². The van der Waals surface area contributed by atoms with E-state index in [0.29, 0.717) is 11.8 Å². The minimum atomic E-state index is 0.317. The van der Waals surface area contributed by atoms with Crippen molar-refractivity contribution in [2.75, 3.05) is 32.1 Å². The highest BCUT2D eigenvalue weighted by Crippen LogP contribution is 2.29. The maximum absolute atomic E-state index is 5.98. The van der Waals surface area contributed by atoms with Gasteiger partial charge in [-0.1, -0.05) is 29.8 Å². The molecule has 0 spiro atoms. The van der Waals surface area contributed by atoms with Crippen molar-refractivity contribution in [3.8, 4) is 11.5 Å². The van der Waals surface area contributed by atoms with E-state index in [1.807, 2.05) is 12.1 Å². The zero-order chi connectivity index (χ0) is 18.8. The average molecular weight is 362 g/mol. The molecule has 4 rings (SSSR count). The third-order valence-corrected chi connectivity index (χ3v) is 5.22. The van der Waals surface area contributed by atoms with E-state index in [0.717, 1.165) is 37.5 Å². The molecule has 5 heteroatoms. The predicted molar refractivity (Wildman–Crippen MR) is 108 cm³/mol. The molecular weight excluding hydrogens is 336 g/mol. The van der Waals surface area contributed by atoms with Gasteiger partial charge in [-0.15, -0.1) is 10.2 Å². The van der Waals surface area contributed by atoms with Crippen LogP contribution in [0.2, 0.25) is 0 Å². The van der Waals surface area contributed by atoms with Crippen LogP contribution in [0.5, 0.6) is 0 Å². The minimum absolute atomic E-state index is 0.317. The fourth-order valence-corrected chi connectivity index (χ4v) is 3.55. The summed E-state index contributed by atoms with van der Waals surface area (Å²) in [6.07, 6.45) is 1.06. The van der Waals surface area contributed by atoms with Gasteiger partial charge in [0.1, 0.15) is 0 Å². The standard InChI is InChI=1S/C22H26N4O/c1-16-4-8-18(9-5-16)21-23-24-22(27-21)19-12-13-26(15-19)14-17-6-10-20(11-7-17)25(2)3/h4-11,19H,12-15H2,1-3H3. The van der Waals surface area contributed by atoms with Gasteiger partial charge in [0.15, 0.2) is 0 Å². The molecule has 0 saturated carbocycles. The van der Waals surface area contributed by atoms with Crippen molar-refractivity contribution in [2.45, 2.75) is 25.8 Å². The van der Waals surface area contributed by atoms with Gasteiger partial charge in [-0.05, 0) is 49.7 Å². The van der Waals surface area contributed by atoms with E-state index < -0.39 is 0 Å². The van der Waals surface area contributed by atoms with Gasteiger partial charge in [0, 0.05) is 38.4 Å². The molecule has 1 saturated heterocycles. The average Bonchev–Trinajstić information content (AvgIpc) is 3.32. The van der Waals surface area contributed by atoms with Crippen molar-refractivity contribution in [2.24, 2.45) is 0 Å². The lowest BCUT2D eigenvalue weighted by Crippen LogP contribution is -2.20. The van der Waals surface area contributed by atoms with E-state index in [-0.39, 0.29) is 0 Å². The zero-order valence-corrected chi connectivity index (χ0v) is 16.2. The van der Waals surface area contributed by atoms with Crippen molar-refractivity contribution < 1.29 is 4.42 Å². The van der Waals surface area contributed by atoms with E-state index in [9.17, 15) is 0 Å². The van der Waals surface area contributed by atoms with Gasteiger partial charge in [0.2, 0.25) is 11.8 Å². The first-order chi connectivity index (χ1) is 13.1. The van der Waals surface area contributed by atoms with E-state index >= 15 is 0 Å². The van der Waals surface area contributed by atoms with Gasteiger partial charge in [-0.2, -0.15) is 0 Å². The minimum Gasteiger partial charge on any atom is -0.420 e. The van der Waals surface area contributed by atoms with Crippen molar-refractivity contribution in [3.63, 3.8) is 0 Å². The summed E-state index contributed by atoms with van der Waals surface area (Å²) < 4.78 is 5.98. The summed E-state index contributed by atoms with van der Waals surface area (Å²) in [5, 5.41) is 8.58. The molecule has 3 aromatic rings. The molecule has 1 fully saturated rings. The van der Waals surface area contributed by atoms with Crippen molar-refractivity contribution >= 4 is 5.69 Å². The number of aryl methyl sites for hydroxylation is 1. The Kier molecular flexibility index (Phi) is 4.94. The lowest BCUT2D eigenvalue weighted by atomic mass is 10.1. The molecule has 0 aliphatic carbocycles. The van der Waals surface area contributed by atoms with Crippen LogP contribution in [0.4, 0.5) is 5.69 Å². The predicted octanol–water partition coefficient (Wildman–Crippen LogP) is 4.10.